The van der Waals surface area contributed by atoms with Gasteiger partial charge in [-0.3, -0.25) is 0 Å². The number of hydrogen-bond acceptors (Lipinski definition) is 5. The second kappa shape index (κ2) is 6.77. The molecule has 0 saturated carbocycles. The molecule has 1 saturated heterocycles. The Morgan fingerprint density at radius 3 is 2.71 bits per heavy atom. The highest BCUT2D eigenvalue weighted by molar-refractivity contribution is 7.91. The molecule has 1 aromatic carbocycles. The van der Waals surface area contributed by atoms with Crippen LogP contribution in [0.2, 0.25) is 0 Å². The molecule has 0 spiro atoms. The number of benzene rings is 1. The molecule has 118 valence electrons. The average Bonchev–Trinajstić information content (AvgIpc) is 2.47. The third-order valence-corrected chi connectivity index (χ3v) is 5.40. The topological polar surface area (TPSA) is 49.9 Å². The molecule has 1 heterocycles. The summed E-state index contributed by atoms with van der Waals surface area (Å²) in [6.45, 7) is 4.58. The molecule has 0 aliphatic carbocycles. The number of anilines is 1. The number of sulfone groups is 1. The predicted octanol–water partition coefficient (Wildman–Crippen LogP) is 1.25. The molecule has 0 N–H and O–H groups in total. The highest BCUT2D eigenvalue weighted by Crippen LogP contribution is 2.27. The minimum absolute atomic E-state index is 0.103. The van der Waals surface area contributed by atoms with Gasteiger partial charge in [-0.25, -0.2) is 8.42 Å². The lowest BCUT2D eigenvalue weighted by molar-refractivity contribution is 0.0246. The fourth-order valence-corrected chi connectivity index (χ4v) is 3.71. The van der Waals surface area contributed by atoms with E-state index in [1.54, 1.807) is 19.1 Å². The summed E-state index contributed by atoms with van der Waals surface area (Å²) in [5.41, 5.74) is 0.798. The van der Waals surface area contributed by atoms with Gasteiger partial charge in [-0.1, -0.05) is 19.1 Å². The van der Waals surface area contributed by atoms with E-state index in [0.717, 1.165) is 18.8 Å². The third-order valence-electron chi connectivity index (χ3n) is 3.63. The van der Waals surface area contributed by atoms with Crippen LogP contribution >= 0.6 is 0 Å². The Morgan fingerprint density at radius 1 is 1.33 bits per heavy atom. The molecule has 2 rings (SSSR count). The normalized spacial score (nSPS) is 20.0. The number of hydrogen-bond donors (Lipinski definition) is 0. The zero-order valence-corrected chi connectivity index (χ0v) is 13.8. The number of ether oxygens (including phenoxy) is 1. The first-order chi connectivity index (χ1) is 9.94. The first-order valence-corrected chi connectivity index (χ1v) is 8.92. The van der Waals surface area contributed by atoms with Crippen LogP contribution in [0, 0.1) is 0 Å². The fourth-order valence-electron chi connectivity index (χ4n) is 2.59. The van der Waals surface area contributed by atoms with Crippen molar-refractivity contribution in [1.82, 2.24) is 4.90 Å². The van der Waals surface area contributed by atoms with Crippen LogP contribution in [-0.4, -0.2) is 65.5 Å². The van der Waals surface area contributed by atoms with E-state index < -0.39 is 9.84 Å². The van der Waals surface area contributed by atoms with Crippen LogP contribution in [0.3, 0.4) is 0 Å². The average molecular weight is 312 g/mol. The lowest BCUT2D eigenvalue weighted by Gasteiger charge is -2.36. The van der Waals surface area contributed by atoms with Gasteiger partial charge in [0.05, 0.1) is 29.0 Å². The van der Waals surface area contributed by atoms with Crippen molar-refractivity contribution in [1.29, 1.82) is 0 Å². The Hall–Kier alpha value is -1.11. The second-order valence-electron chi connectivity index (χ2n) is 5.57. The van der Waals surface area contributed by atoms with Gasteiger partial charge in [0.2, 0.25) is 0 Å². The standard InChI is InChI=1S/C15H24N2O3S/c1-4-21(18,19)15-8-6-5-7-14(15)17-9-10-20-13(12-17)11-16(2)3/h5-8,13H,4,9-12H2,1-3H3. The number of rotatable bonds is 5. The molecule has 0 radical (unpaired) electrons. The lowest BCUT2D eigenvalue weighted by Crippen LogP contribution is -2.46. The van der Waals surface area contributed by atoms with E-state index in [4.69, 9.17) is 4.74 Å². The van der Waals surface area contributed by atoms with Gasteiger partial charge < -0.3 is 14.5 Å². The van der Waals surface area contributed by atoms with E-state index in [1.165, 1.54) is 0 Å². The van der Waals surface area contributed by atoms with Gasteiger partial charge in [-0.05, 0) is 26.2 Å². The Balaban J connectivity index is 2.26. The number of likely N-dealkylation sites (N-methyl/N-ethyl adjacent to an activating group) is 1. The SMILES string of the molecule is CCS(=O)(=O)c1ccccc1N1CCOC(CN(C)C)C1. The Kier molecular flexibility index (Phi) is 5.24. The van der Waals surface area contributed by atoms with E-state index in [9.17, 15) is 8.42 Å². The summed E-state index contributed by atoms with van der Waals surface area (Å²) in [5, 5.41) is 0. The van der Waals surface area contributed by atoms with Crippen molar-refractivity contribution >= 4 is 15.5 Å². The first-order valence-electron chi connectivity index (χ1n) is 7.27. The lowest BCUT2D eigenvalue weighted by atomic mass is 10.2. The van der Waals surface area contributed by atoms with Crippen molar-refractivity contribution in [2.45, 2.75) is 17.9 Å². The van der Waals surface area contributed by atoms with Crippen molar-refractivity contribution in [3.8, 4) is 0 Å². The minimum atomic E-state index is -3.21. The van der Waals surface area contributed by atoms with Crippen molar-refractivity contribution in [3.05, 3.63) is 24.3 Å². The number of morpholine rings is 1. The third kappa shape index (κ3) is 3.96. The zero-order chi connectivity index (χ0) is 15.5. The van der Waals surface area contributed by atoms with E-state index >= 15 is 0 Å². The quantitative estimate of drug-likeness (QED) is 0.819. The van der Waals surface area contributed by atoms with Crippen LogP contribution in [0.15, 0.2) is 29.2 Å². The summed E-state index contributed by atoms with van der Waals surface area (Å²) < 4.78 is 30.3. The minimum Gasteiger partial charge on any atom is -0.373 e. The molecule has 0 amide bonds. The number of nitrogens with zero attached hydrogens (tertiary/aromatic N) is 2. The van der Waals surface area contributed by atoms with E-state index in [1.807, 2.05) is 26.2 Å². The van der Waals surface area contributed by atoms with Crippen LogP contribution in [0.1, 0.15) is 6.92 Å². The van der Waals surface area contributed by atoms with Gasteiger partial charge in [-0.2, -0.15) is 0 Å². The molecular formula is C15H24N2O3S. The summed E-state index contributed by atoms with van der Waals surface area (Å²) >= 11 is 0. The van der Waals surface area contributed by atoms with Crippen LogP contribution in [0.5, 0.6) is 0 Å². The van der Waals surface area contributed by atoms with Crippen LogP contribution in [-0.2, 0) is 14.6 Å². The first kappa shape index (κ1) is 16.3. The molecular weight excluding hydrogens is 288 g/mol. The Morgan fingerprint density at radius 2 is 2.05 bits per heavy atom. The maximum absolute atomic E-state index is 12.3. The smallest absolute Gasteiger partial charge is 0.180 e. The van der Waals surface area contributed by atoms with Crippen LogP contribution < -0.4 is 4.90 Å². The molecule has 6 heteroatoms. The molecule has 1 fully saturated rings. The summed E-state index contributed by atoms with van der Waals surface area (Å²) in [6, 6.07) is 7.26. The summed E-state index contributed by atoms with van der Waals surface area (Å²) in [7, 11) is 0.812. The molecule has 0 aromatic heterocycles. The molecule has 21 heavy (non-hydrogen) atoms. The van der Waals surface area contributed by atoms with E-state index in [-0.39, 0.29) is 11.9 Å². The summed E-state index contributed by atoms with van der Waals surface area (Å²) in [6.07, 6.45) is 0.103. The van der Waals surface area contributed by atoms with Crippen molar-refractivity contribution in [2.24, 2.45) is 0 Å². The second-order valence-corrected chi connectivity index (χ2v) is 7.82. The Bertz CT molecular complexity index is 572. The van der Waals surface area contributed by atoms with Gasteiger partial charge in [-0.15, -0.1) is 0 Å². The van der Waals surface area contributed by atoms with Gasteiger partial charge >= 0.3 is 0 Å². The molecule has 5 nitrogen and oxygen atoms in total. The Labute approximate surface area is 127 Å². The van der Waals surface area contributed by atoms with Gasteiger partial charge in [0.15, 0.2) is 9.84 Å². The van der Waals surface area contributed by atoms with Crippen LogP contribution in [0.4, 0.5) is 5.69 Å². The monoisotopic (exact) mass is 312 g/mol. The molecule has 0 bridgehead atoms. The molecule has 1 aromatic rings. The molecule has 1 aliphatic heterocycles. The van der Waals surface area contributed by atoms with Gasteiger partial charge in [0.1, 0.15) is 0 Å². The van der Waals surface area contributed by atoms with Gasteiger partial charge in [0, 0.05) is 19.6 Å². The summed E-state index contributed by atoms with van der Waals surface area (Å²) in [5.74, 6) is 0.121. The highest BCUT2D eigenvalue weighted by atomic mass is 32.2. The van der Waals surface area contributed by atoms with Gasteiger partial charge in [0.25, 0.3) is 0 Å². The zero-order valence-electron chi connectivity index (χ0n) is 12.9. The van der Waals surface area contributed by atoms with Crippen LogP contribution in [0.25, 0.3) is 0 Å². The highest BCUT2D eigenvalue weighted by Gasteiger charge is 2.25. The maximum Gasteiger partial charge on any atom is 0.180 e. The molecule has 1 atom stereocenters. The number of para-hydroxylation sites is 1. The largest absolute Gasteiger partial charge is 0.373 e. The predicted molar refractivity (Wildman–Crippen MR) is 84.7 cm³/mol. The van der Waals surface area contributed by atoms with Crippen molar-refractivity contribution in [2.75, 3.05) is 51.0 Å². The molecule has 1 aliphatic rings. The van der Waals surface area contributed by atoms with Crippen molar-refractivity contribution < 1.29 is 13.2 Å². The fraction of sp³-hybridized carbons (Fsp3) is 0.600. The van der Waals surface area contributed by atoms with E-state index in [0.29, 0.717) is 18.0 Å². The van der Waals surface area contributed by atoms with E-state index in [2.05, 4.69) is 9.80 Å². The maximum atomic E-state index is 12.3. The molecule has 1 unspecified atom stereocenters. The summed E-state index contributed by atoms with van der Waals surface area (Å²) in [4.78, 5) is 4.64. The van der Waals surface area contributed by atoms with Crippen molar-refractivity contribution in [3.63, 3.8) is 0 Å².